The van der Waals surface area contributed by atoms with E-state index in [4.69, 9.17) is 0 Å². The molecule has 5 heteroatoms. The lowest BCUT2D eigenvalue weighted by molar-refractivity contribution is -0.530. The molecule has 0 fully saturated rings. The van der Waals surface area contributed by atoms with E-state index in [0.717, 1.165) is 0 Å². The number of ether oxygens (including phenoxy) is 1. The summed E-state index contributed by atoms with van der Waals surface area (Å²) in [6.45, 7) is 0.353. The van der Waals surface area contributed by atoms with Gasteiger partial charge in [0.05, 0.1) is 13.0 Å². The van der Waals surface area contributed by atoms with E-state index in [-0.39, 0.29) is 18.0 Å². The molecule has 1 rings (SSSR count). The zero-order valence-electron chi connectivity index (χ0n) is 8.04. The van der Waals surface area contributed by atoms with Crippen molar-refractivity contribution < 1.29 is 14.5 Å². The van der Waals surface area contributed by atoms with E-state index in [1.165, 1.54) is 0 Å². The predicted molar refractivity (Wildman–Crippen MR) is 52.8 cm³/mol. The SMILES string of the molecule is O=COCCC(c1ccccc1)[N+](=O)[O-]. The molecule has 0 saturated carbocycles. The molecule has 0 heterocycles. The van der Waals surface area contributed by atoms with Gasteiger partial charge in [-0.15, -0.1) is 0 Å². The van der Waals surface area contributed by atoms with E-state index in [1.807, 2.05) is 0 Å². The zero-order valence-corrected chi connectivity index (χ0v) is 8.04. The Labute approximate surface area is 86.8 Å². The zero-order chi connectivity index (χ0) is 11.1. The topological polar surface area (TPSA) is 69.4 Å². The average molecular weight is 209 g/mol. The highest BCUT2D eigenvalue weighted by atomic mass is 16.6. The smallest absolute Gasteiger partial charge is 0.293 e. The molecule has 0 aliphatic rings. The summed E-state index contributed by atoms with van der Waals surface area (Å²) in [5.41, 5.74) is 0.622. The molecule has 0 aromatic heterocycles. The lowest BCUT2D eigenvalue weighted by Crippen LogP contribution is -2.13. The van der Waals surface area contributed by atoms with E-state index in [1.54, 1.807) is 30.3 Å². The van der Waals surface area contributed by atoms with E-state index in [2.05, 4.69) is 4.74 Å². The number of nitrogens with zero attached hydrogens (tertiary/aromatic N) is 1. The summed E-state index contributed by atoms with van der Waals surface area (Å²) in [6.07, 6.45) is 0.190. The molecule has 0 N–H and O–H groups in total. The fourth-order valence-corrected chi connectivity index (χ4v) is 1.30. The minimum Gasteiger partial charge on any atom is -0.468 e. The number of hydrogen-bond acceptors (Lipinski definition) is 4. The van der Waals surface area contributed by atoms with E-state index < -0.39 is 6.04 Å². The summed E-state index contributed by atoms with van der Waals surface area (Å²) in [5.74, 6) is 0. The van der Waals surface area contributed by atoms with Crippen molar-refractivity contribution in [1.29, 1.82) is 0 Å². The summed E-state index contributed by atoms with van der Waals surface area (Å²) in [7, 11) is 0. The number of nitro groups is 1. The van der Waals surface area contributed by atoms with Gasteiger partial charge in [0.15, 0.2) is 0 Å². The van der Waals surface area contributed by atoms with Crippen molar-refractivity contribution in [2.45, 2.75) is 12.5 Å². The molecular formula is C10H11NO4. The third-order valence-electron chi connectivity index (χ3n) is 2.02. The van der Waals surface area contributed by atoms with Crippen LogP contribution >= 0.6 is 0 Å². The number of carbonyl (C=O) groups excluding carboxylic acids is 1. The summed E-state index contributed by atoms with van der Waals surface area (Å²) >= 11 is 0. The first kappa shape index (κ1) is 11.2. The number of benzene rings is 1. The fraction of sp³-hybridized carbons (Fsp3) is 0.300. The molecule has 80 valence electrons. The van der Waals surface area contributed by atoms with Crippen molar-refractivity contribution in [2.75, 3.05) is 6.61 Å². The Morgan fingerprint density at radius 2 is 2.07 bits per heavy atom. The molecule has 0 aliphatic carbocycles. The summed E-state index contributed by atoms with van der Waals surface area (Å²) in [5, 5.41) is 10.8. The van der Waals surface area contributed by atoms with Gasteiger partial charge in [-0.3, -0.25) is 14.9 Å². The van der Waals surface area contributed by atoms with Gasteiger partial charge in [-0.05, 0) is 0 Å². The van der Waals surface area contributed by atoms with Gasteiger partial charge < -0.3 is 4.74 Å². The van der Waals surface area contributed by atoms with Crippen molar-refractivity contribution >= 4 is 6.47 Å². The highest BCUT2D eigenvalue weighted by Crippen LogP contribution is 2.19. The molecule has 0 spiro atoms. The maximum atomic E-state index is 10.8. The average Bonchev–Trinajstić information content (AvgIpc) is 2.25. The van der Waals surface area contributed by atoms with Crippen LogP contribution in [-0.4, -0.2) is 18.0 Å². The van der Waals surface area contributed by atoms with Crippen molar-refractivity contribution in [3.8, 4) is 0 Å². The summed E-state index contributed by atoms with van der Waals surface area (Å²) < 4.78 is 4.45. The van der Waals surface area contributed by atoms with Gasteiger partial charge in [0.1, 0.15) is 0 Å². The van der Waals surface area contributed by atoms with Crippen LogP contribution in [0.5, 0.6) is 0 Å². The lowest BCUT2D eigenvalue weighted by atomic mass is 10.1. The molecule has 1 aromatic carbocycles. The standard InChI is InChI=1S/C10H11NO4/c12-8-15-7-6-10(11(13)14)9-4-2-1-3-5-9/h1-5,8,10H,6-7H2. The van der Waals surface area contributed by atoms with Crippen LogP contribution in [0.3, 0.4) is 0 Å². The summed E-state index contributed by atoms with van der Waals surface area (Å²) in [4.78, 5) is 20.3. The molecule has 5 nitrogen and oxygen atoms in total. The first-order valence-corrected chi connectivity index (χ1v) is 4.49. The van der Waals surface area contributed by atoms with Crippen molar-refractivity contribution in [2.24, 2.45) is 0 Å². The van der Waals surface area contributed by atoms with Crippen LogP contribution in [0.2, 0.25) is 0 Å². The van der Waals surface area contributed by atoms with Crippen LogP contribution in [0.25, 0.3) is 0 Å². The Bertz CT molecular complexity index is 325. The Kier molecular flexibility index (Phi) is 4.28. The second kappa shape index (κ2) is 5.74. The van der Waals surface area contributed by atoms with E-state index in [9.17, 15) is 14.9 Å². The number of carbonyl (C=O) groups is 1. The van der Waals surface area contributed by atoms with Crippen LogP contribution in [0.4, 0.5) is 0 Å². The van der Waals surface area contributed by atoms with Crippen molar-refractivity contribution in [3.05, 3.63) is 46.0 Å². The molecule has 0 radical (unpaired) electrons. The fourth-order valence-electron chi connectivity index (χ4n) is 1.30. The monoisotopic (exact) mass is 209 g/mol. The van der Waals surface area contributed by atoms with Crippen LogP contribution in [0.15, 0.2) is 30.3 Å². The van der Waals surface area contributed by atoms with Gasteiger partial charge in [0, 0.05) is 10.5 Å². The number of hydrogen-bond donors (Lipinski definition) is 0. The molecule has 0 saturated heterocycles. The molecule has 1 unspecified atom stereocenters. The van der Waals surface area contributed by atoms with Crippen LogP contribution in [0, 0.1) is 10.1 Å². The quantitative estimate of drug-likeness (QED) is 0.308. The van der Waals surface area contributed by atoms with Gasteiger partial charge in [0.25, 0.3) is 6.47 Å². The Morgan fingerprint density at radius 1 is 1.40 bits per heavy atom. The first-order chi connectivity index (χ1) is 7.25. The Balaban J connectivity index is 2.66. The lowest BCUT2D eigenvalue weighted by Gasteiger charge is -2.08. The van der Waals surface area contributed by atoms with Crippen molar-refractivity contribution in [3.63, 3.8) is 0 Å². The van der Waals surface area contributed by atoms with Crippen LogP contribution in [0.1, 0.15) is 18.0 Å². The summed E-state index contributed by atoms with van der Waals surface area (Å²) in [6, 6.07) is 7.84. The highest BCUT2D eigenvalue weighted by molar-refractivity contribution is 5.36. The normalized spacial score (nSPS) is 11.7. The van der Waals surface area contributed by atoms with E-state index in [0.29, 0.717) is 12.0 Å². The van der Waals surface area contributed by atoms with Crippen molar-refractivity contribution in [1.82, 2.24) is 0 Å². The van der Waals surface area contributed by atoms with Crippen LogP contribution in [-0.2, 0) is 9.53 Å². The Morgan fingerprint density at radius 3 is 2.60 bits per heavy atom. The Hall–Kier alpha value is -1.91. The third-order valence-corrected chi connectivity index (χ3v) is 2.02. The molecule has 0 amide bonds. The minimum atomic E-state index is -0.814. The maximum Gasteiger partial charge on any atom is 0.293 e. The molecule has 15 heavy (non-hydrogen) atoms. The molecule has 0 bridgehead atoms. The molecule has 1 atom stereocenters. The molecule has 0 aliphatic heterocycles. The number of rotatable bonds is 6. The van der Waals surface area contributed by atoms with Gasteiger partial charge in [-0.2, -0.15) is 0 Å². The second-order valence-electron chi connectivity index (χ2n) is 2.97. The largest absolute Gasteiger partial charge is 0.468 e. The van der Waals surface area contributed by atoms with Gasteiger partial charge in [-0.1, -0.05) is 30.3 Å². The van der Waals surface area contributed by atoms with Gasteiger partial charge >= 0.3 is 0 Å². The minimum absolute atomic E-state index is 0.0596. The first-order valence-electron chi connectivity index (χ1n) is 4.49. The predicted octanol–water partition coefficient (Wildman–Crippen LogP) is 1.57. The van der Waals surface area contributed by atoms with Gasteiger partial charge in [0.2, 0.25) is 6.04 Å². The maximum absolute atomic E-state index is 10.8. The highest BCUT2D eigenvalue weighted by Gasteiger charge is 2.21. The second-order valence-corrected chi connectivity index (χ2v) is 2.97. The third kappa shape index (κ3) is 3.38. The molecular weight excluding hydrogens is 198 g/mol. The van der Waals surface area contributed by atoms with E-state index >= 15 is 0 Å². The van der Waals surface area contributed by atoms with Crippen LogP contribution < -0.4 is 0 Å². The van der Waals surface area contributed by atoms with Gasteiger partial charge in [-0.25, -0.2) is 0 Å². The molecule has 1 aromatic rings.